The molecule has 3 heteroatoms. The summed E-state index contributed by atoms with van der Waals surface area (Å²) >= 11 is 0. The second kappa shape index (κ2) is 5.55. The molecule has 3 aromatic rings. The SMILES string of the molecule is CC(C)(C)c1cc(-c2c[nH]c3cc(O)c(O)cc23)cc(C(C)(C)C)c1. The Hall–Kier alpha value is -2.42. The van der Waals surface area contributed by atoms with Gasteiger partial charge < -0.3 is 15.2 Å². The van der Waals surface area contributed by atoms with Crippen LogP contribution >= 0.6 is 0 Å². The lowest BCUT2D eigenvalue weighted by atomic mass is 9.79. The van der Waals surface area contributed by atoms with Crippen molar-refractivity contribution in [2.24, 2.45) is 0 Å². The van der Waals surface area contributed by atoms with Crippen LogP contribution in [0.1, 0.15) is 52.7 Å². The zero-order valence-electron chi connectivity index (χ0n) is 15.9. The first-order valence-corrected chi connectivity index (χ1v) is 8.66. The van der Waals surface area contributed by atoms with Crippen molar-refractivity contribution in [2.75, 3.05) is 0 Å². The van der Waals surface area contributed by atoms with Crippen LogP contribution in [0.2, 0.25) is 0 Å². The number of fused-ring (bicyclic) bond motifs is 1. The standard InChI is InChI=1S/C22H27NO2/c1-21(2,3)14-7-13(8-15(9-14)22(4,5)6)17-12-23-18-11-20(25)19(24)10-16(17)18/h7-12,23-25H,1-6H3. The summed E-state index contributed by atoms with van der Waals surface area (Å²) in [5.74, 6) is -0.212. The first-order chi connectivity index (χ1) is 11.5. The fourth-order valence-electron chi connectivity index (χ4n) is 3.03. The molecule has 0 radical (unpaired) electrons. The molecular formula is C22H27NO2. The minimum atomic E-state index is -0.111. The van der Waals surface area contributed by atoms with E-state index >= 15 is 0 Å². The van der Waals surface area contributed by atoms with Gasteiger partial charge in [-0.2, -0.15) is 0 Å². The van der Waals surface area contributed by atoms with E-state index in [2.05, 4.69) is 64.7 Å². The normalized spacial score (nSPS) is 12.7. The molecule has 3 N–H and O–H groups in total. The van der Waals surface area contributed by atoms with E-state index in [0.29, 0.717) is 0 Å². The zero-order chi connectivity index (χ0) is 18.6. The Morgan fingerprint density at radius 1 is 0.720 bits per heavy atom. The van der Waals surface area contributed by atoms with Crippen LogP contribution in [-0.4, -0.2) is 15.2 Å². The summed E-state index contributed by atoms with van der Waals surface area (Å²) in [7, 11) is 0. The van der Waals surface area contributed by atoms with Gasteiger partial charge in [0.1, 0.15) is 0 Å². The third-order valence-corrected chi connectivity index (χ3v) is 4.75. The molecule has 0 atom stereocenters. The molecule has 0 aliphatic carbocycles. The van der Waals surface area contributed by atoms with E-state index in [-0.39, 0.29) is 22.3 Å². The molecule has 1 heterocycles. The van der Waals surface area contributed by atoms with Crippen molar-refractivity contribution < 1.29 is 10.2 Å². The largest absolute Gasteiger partial charge is 0.504 e. The summed E-state index contributed by atoms with van der Waals surface area (Å²) < 4.78 is 0. The van der Waals surface area contributed by atoms with Gasteiger partial charge in [-0.15, -0.1) is 0 Å². The molecule has 0 aliphatic heterocycles. The van der Waals surface area contributed by atoms with Crippen LogP contribution in [0.15, 0.2) is 36.5 Å². The number of aromatic hydroxyl groups is 2. The Balaban J connectivity index is 2.28. The van der Waals surface area contributed by atoms with Crippen molar-refractivity contribution in [3.63, 3.8) is 0 Å². The molecular weight excluding hydrogens is 310 g/mol. The Morgan fingerprint density at radius 3 is 1.76 bits per heavy atom. The molecule has 0 amide bonds. The number of rotatable bonds is 1. The first-order valence-electron chi connectivity index (χ1n) is 8.66. The Bertz CT molecular complexity index is 905. The highest BCUT2D eigenvalue weighted by Crippen LogP contribution is 2.39. The molecule has 25 heavy (non-hydrogen) atoms. The predicted molar refractivity (Wildman–Crippen MR) is 104 cm³/mol. The molecule has 3 rings (SSSR count). The molecule has 132 valence electrons. The van der Waals surface area contributed by atoms with Crippen LogP contribution in [0, 0.1) is 0 Å². The van der Waals surface area contributed by atoms with Gasteiger partial charge in [-0.05, 0) is 33.6 Å². The van der Waals surface area contributed by atoms with Gasteiger partial charge >= 0.3 is 0 Å². The highest BCUT2D eigenvalue weighted by Gasteiger charge is 2.21. The van der Waals surface area contributed by atoms with Gasteiger partial charge in [-0.25, -0.2) is 0 Å². The highest BCUT2D eigenvalue weighted by atomic mass is 16.3. The number of phenols is 2. The third kappa shape index (κ3) is 3.23. The first kappa shape index (κ1) is 17.4. The fourth-order valence-corrected chi connectivity index (χ4v) is 3.03. The maximum absolute atomic E-state index is 9.91. The van der Waals surface area contributed by atoms with Crippen LogP contribution < -0.4 is 0 Å². The molecule has 1 aromatic heterocycles. The van der Waals surface area contributed by atoms with Gasteiger partial charge in [0.25, 0.3) is 0 Å². The van der Waals surface area contributed by atoms with Gasteiger partial charge in [0.05, 0.1) is 0 Å². The summed E-state index contributed by atoms with van der Waals surface area (Å²) in [5, 5.41) is 20.5. The van der Waals surface area contributed by atoms with Gasteiger partial charge in [-0.3, -0.25) is 0 Å². The lowest BCUT2D eigenvalue weighted by Gasteiger charge is -2.26. The van der Waals surface area contributed by atoms with E-state index in [1.165, 1.54) is 11.1 Å². The molecule has 0 aliphatic rings. The van der Waals surface area contributed by atoms with Crippen LogP contribution in [-0.2, 0) is 10.8 Å². The minimum absolute atomic E-state index is 0.0442. The molecule has 3 nitrogen and oxygen atoms in total. The second-order valence-corrected chi connectivity index (χ2v) is 8.89. The van der Waals surface area contributed by atoms with E-state index in [1.807, 2.05) is 6.20 Å². The Labute approximate surface area is 149 Å². The van der Waals surface area contributed by atoms with Gasteiger partial charge in [0, 0.05) is 28.7 Å². The number of hydrogen-bond acceptors (Lipinski definition) is 2. The van der Waals surface area contributed by atoms with E-state index in [1.54, 1.807) is 12.1 Å². The highest BCUT2D eigenvalue weighted by molar-refractivity contribution is 5.97. The van der Waals surface area contributed by atoms with Crippen molar-refractivity contribution in [3.8, 4) is 22.6 Å². The summed E-state index contributed by atoms with van der Waals surface area (Å²) in [6, 6.07) is 9.93. The number of nitrogens with one attached hydrogen (secondary N) is 1. The second-order valence-electron chi connectivity index (χ2n) is 8.89. The third-order valence-electron chi connectivity index (χ3n) is 4.75. The van der Waals surface area contributed by atoms with Crippen molar-refractivity contribution >= 4 is 10.9 Å². The summed E-state index contributed by atoms with van der Waals surface area (Å²) in [6.45, 7) is 13.3. The van der Waals surface area contributed by atoms with Crippen molar-refractivity contribution in [1.29, 1.82) is 0 Å². The molecule has 0 fully saturated rings. The van der Waals surface area contributed by atoms with E-state index in [0.717, 1.165) is 22.0 Å². The molecule has 0 unspecified atom stereocenters. The predicted octanol–water partition coefficient (Wildman–Crippen LogP) is 5.84. The number of aromatic nitrogens is 1. The molecule has 0 saturated carbocycles. The maximum Gasteiger partial charge on any atom is 0.159 e. The van der Waals surface area contributed by atoms with Gasteiger partial charge in [0.2, 0.25) is 0 Å². The molecule has 0 spiro atoms. The topological polar surface area (TPSA) is 56.2 Å². The molecule has 0 saturated heterocycles. The summed E-state index contributed by atoms with van der Waals surface area (Å²) in [4.78, 5) is 3.20. The number of hydrogen-bond donors (Lipinski definition) is 3. The van der Waals surface area contributed by atoms with Crippen LogP contribution in [0.5, 0.6) is 11.5 Å². The monoisotopic (exact) mass is 337 g/mol. The van der Waals surface area contributed by atoms with E-state index < -0.39 is 0 Å². The minimum Gasteiger partial charge on any atom is -0.504 e. The van der Waals surface area contributed by atoms with Crippen molar-refractivity contribution in [1.82, 2.24) is 4.98 Å². The average molecular weight is 337 g/mol. The van der Waals surface area contributed by atoms with Crippen LogP contribution in [0.3, 0.4) is 0 Å². The van der Waals surface area contributed by atoms with E-state index in [4.69, 9.17) is 0 Å². The van der Waals surface area contributed by atoms with Crippen LogP contribution in [0.4, 0.5) is 0 Å². The van der Waals surface area contributed by atoms with Crippen LogP contribution in [0.25, 0.3) is 22.0 Å². The van der Waals surface area contributed by atoms with Gasteiger partial charge in [-0.1, -0.05) is 59.7 Å². The average Bonchev–Trinajstić information content (AvgIpc) is 2.88. The number of benzene rings is 2. The quantitative estimate of drug-likeness (QED) is 0.488. The lowest BCUT2D eigenvalue weighted by Crippen LogP contribution is -2.16. The van der Waals surface area contributed by atoms with Crippen molar-refractivity contribution in [3.05, 3.63) is 47.7 Å². The van der Waals surface area contributed by atoms with Gasteiger partial charge in [0.15, 0.2) is 11.5 Å². The summed E-state index contributed by atoms with van der Waals surface area (Å²) in [5.41, 5.74) is 5.62. The zero-order valence-corrected chi connectivity index (χ0v) is 15.9. The molecule has 0 bridgehead atoms. The Morgan fingerprint density at radius 2 is 1.24 bits per heavy atom. The van der Waals surface area contributed by atoms with E-state index in [9.17, 15) is 10.2 Å². The maximum atomic E-state index is 9.91. The fraction of sp³-hybridized carbons (Fsp3) is 0.364. The number of H-pyrrole nitrogens is 1. The molecule has 2 aromatic carbocycles. The van der Waals surface area contributed by atoms with Crippen molar-refractivity contribution in [2.45, 2.75) is 52.4 Å². The Kier molecular flexibility index (Phi) is 3.86. The summed E-state index contributed by atoms with van der Waals surface area (Å²) in [6.07, 6.45) is 1.94. The number of aromatic amines is 1. The lowest BCUT2D eigenvalue weighted by molar-refractivity contribution is 0.405. The number of phenolic OH excluding ortho intramolecular Hbond substituents is 2. The smallest absolute Gasteiger partial charge is 0.159 e.